The van der Waals surface area contributed by atoms with Gasteiger partial charge in [0.1, 0.15) is 5.82 Å². The second-order valence-corrected chi connectivity index (χ2v) is 8.60. The van der Waals surface area contributed by atoms with Crippen LogP contribution in [0.25, 0.3) is 22.4 Å². The van der Waals surface area contributed by atoms with Gasteiger partial charge in [0.2, 0.25) is 5.91 Å². The van der Waals surface area contributed by atoms with Gasteiger partial charge in [-0.05, 0) is 18.2 Å². The summed E-state index contributed by atoms with van der Waals surface area (Å²) < 4.78 is 20.0. The molecule has 0 aliphatic rings. The van der Waals surface area contributed by atoms with E-state index in [-0.39, 0.29) is 11.6 Å². The molecule has 0 bridgehead atoms. The lowest BCUT2D eigenvalue weighted by atomic mass is 10.2. The number of aromatic nitrogens is 4. The third-order valence-electron chi connectivity index (χ3n) is 4.71. The monoisotopic (exact) mass is 465 g/mol. The van der Waals surface area contributed by atoms with Crippen LogP contribution < -0.4 is 4.90 Å². The van der Waals surface area contributed by atoms with E-state index in [0.29, 0.717) is 22.0 Å². The van der Waals surface area contributed by atoms with Gasteiger partial charge in [-0.2, -0.15) is 0 Å². The predicted octanol–water partition coefficient (Wildman–Crippen LogP) is 5.79. The van der Waals surface area contributed by atoms with Gasteiger partial charge >= 0.3 is 0 Å². The number of halogens is 1. The summed E-state index contributed by atoms with van der Waals surface area (Å²) in [6, 6.07) is 14.0. The molecule has 0 radical (unpaired) electrons. The highest BCUT2D eigenvalue weighted by Gasteiger charge is 2.21. The standard InChI is InChI=1S/C22H16FN5O2S2/c1-13(29)28(19-9-5-3-7-17(19)23)21-25-14(11-31-21)12-32-22-27-26-20(30-22)16-10-24-18-8-4-2-6-15(16)18/h2-11,24H,12H2,1H3. The Morgan fingerprint density at radius 2 is 2.00 bits per heavy atom. The molecule has 0 fully saturated rings. The van der Waals surface area contributed by atoms with Crippen molar-refractivity contribution >= 4 is 50.7 Å². The van der Waals surface area contributed by atoms with Gasteiger partial charge in [0.25, 0.3) is 11.1 Å². The fourth-order valence-corrected chi connectivity index (χ4v) is 4.91. The summed E-state index contributed by atoms with van der Waals surface area (Å²) in [5.74, 6) is 0.106. The van der Waals surface area contributed by atoms with Gasteiger partial charge in [-0.15, -0.1) is 21.5 Å². The molecule has 0 aliphatic heterocycles. The number of thiazole rings is 1. The number of aromatic amines is 1. The van der Waals surface area contributed by atoms with Gasteiger partial charge < -0.3 is 9.40 Å². The molecule has 0 spiro atoms. The SMILES string of the molecule is CC(=O)N(c1nc(CSc2nnc(-c3c[nH]c4ccccc34)o2)cs1)c1ccccc1F. The molecule has 0 saturated heterocycles. The Hall–Kier alpha value is -3.50. The van der Waals surface area contributed by atoms with Crippen LogP contribution in [-0.2, 0) is 10.5 Å². The van der Waals surface area contributed by atoms with Crippen LogP contribution in [0.5, 0.6) is 0 Å². The van der Waals surface area contributed by atoms with Crippen LogP contribution in [0.4, 0.5) is 15.2 Å². The van der Waals surface area contributed by atoms with Crippen molar-refractivity contribution in [3.8, 4) is 11.5 Å². The Labute approximate surface area is 190 Å². The van der Waals surface area contributed by atoms with Gasteiger partial charge in [0.15, 0.2) is 5.13 Å². The third-order valence-corrected chi connectivity index (χ3v) is 6.44. The van der Waals surface area contributed by atoms with E-state index in [2.05, 4.69) is 20.2 Å². The van der Waals surface area contributed by atoms with Crippen LogP contribution in [0.15, 0.2) is 69.7 Å². The highest BCUT2D eigenvalue weighted by molar-refractivity contribution is 7.98. The quantitative estimate of drug-likeness (QED) is 0.319. The molecular formula is C22H16FN5O2S2. The lowest BCUT2D eigenvalue weighted by Crippen LogP contribution is -2.23. The highest BCUT2D eigenvalue weighted by atomic mass is 32.2. The van der Waals surface area contributed by atoms with Crippen molar-refractivity contribution in [2.45, 2.75) is 17.9 Å². The van der Waals surface area contributed by atoms with Crippen molar-refractivity contribution in [3.05, 3.63) is 71.6 Å². The third kappa shape index (κ3) is 3.90. The molecule has 5 rings (SSSR count). The molecule has 3 aromatic heterocycles. The number of hydrogen-bond acceptors (Lipinski definition) is 7. The number of carbonyl (C=O) groups is 1. The van der Waals surface area contributed by atoms with E-state index in [1.807, 2.05) is 35.8 Å². The lowest BCUT2D eigenvalue weighted by Gasteiger charge is -2.18. The maximum Gasteiger partial charge on any atom is 0.277 e. The number of fused-ring (bicyclic) bond motifs is 1. The van der Waals surface area contributed by atoms with Gasteiger partial charge in [0.05, 0.1) is 16.9 Å². The highest BCUT2D eigenvalue weighted by Crippen LogP contribution is 2.33. The van der Waals surface area contributed by atoms with Crippen LogP contribution in [0, 0.1) is 5.82 Å². The Bertz CT molecular complexity index is 1410. The summed E-state index contributed by atoms with van der Waals surface area (Å²) >= 11 is 2.62. The van der Waals surface area contributed by atoms with Crippen LogP contribution in [0.1, 0.15) is 12.6 Å². The van der Waals surface area contributed by atoms with Gasteiger partial charge in [-0.25, -0.2) is 9.37 Å². The molecule has 5 aromatic rings. The number of thioether (sulfide) groups is 1. The number of hydrogen-bond donors (Lipinski definition) is 1. The number of carbonyl (C=O) groups excluding carboxylic acids is 1. The van der Waals surface area contributed by atoms with E-state index in [4.69, 9.17) is 4.42 Å². The zero-order chi connectivity index (χ0) is 22.1. The zero-order valence-electron chi connectivity index (χ0n) is 16.8. The van der Waals surface area contributed by atoms with Crippen molar-refractivity contribution in [3.63, 3.8) is 0 Å². The van der Waals surface area contributed by atoms with E-state index in [0.717, 1.165) is 22.2 Å². The average molecular weight is 466 g/mol. The largest absolute Gasteiger partial charge is 0.411 e. The molecule has 1 amide bonds. The second-order valence-electron chi connectivity index (χ2n) is 6.84. The molecule has 0 saturated carbocycles. The topological polar surface area (TPSA) is 87.9 Å². The smallest absolute Gasteiger partial charge is 0.277 e. The predicted molar refractivity (Wildman–Crippen MR) is 122 cm³/mol. The van der Waals surface area contributed by atoms with Gasteiger partial charge in [-0.1, -0.05) is 42.1 Å². The zero-order valence-corrected chi connectivity index (χ0v) is 18.4. The maximum atomic E-state index is 14.2. The molecule has 0 atom stereocenters. The van der Waals surface area contributed by atoms with Gasteiger partial charge in [0, 0.05) is 35.2 Å². The number of benzene rings is 2. The average Bonchev–Trinajstić information content (AvgIpc) is 3.53. The molecule has 160 valence electrons. The van der Waals surface area contributed by atoms with Crippen molar-refractivity contribution in [1.29, 1.82) is 0 Å². The summed E-state index contributed by atoms with van der Waals surface area (Å²) in [7, 11) is 0. The first kappa shape index (κ1) is 20.4. The van der Waals surface area contributed by atoms with E-state index in [9.17, 15) is 9.18 Å². The summed E-state index contributed by atoms with van der Waals surface area (Å²) in [4.78, 5) is 21.1. The number of nitrogens with zero attached hydrogens (tertiary/aromatic N) is 4. The minimum Gasteiger partial charge on any atom is -0.411 e. The molecule has 0 unspecified atom stereocenters. The van der Waals surface area contributed by atoms with Crippen LogP contribution in [0.3, 0.4) is 0 Å². The van der Waals surface area contributed by atoms with Crippen molar-refractivity contribution < 1.29 is 13.6 Å². The number of amides is 1. The molecule has 3 heterocycles. The number of nitrogens with one attached hydrogen (secondary N) is 1. The fraction of sp³-hybridized carbons (Fsp3) is 0.0909. The molecule has 2 aromatic carbocycles. The van der Waals surface area contributed by atoms with Crippen molar-refractivity contribution in [1.82, 2.24) is 20.2 Å². The summed E-state index contributed by atoms with van der Waals surface area (Å²) in [5, 5.41) is 11.9. The van der Waals surface area contributed by atoms with E-state index in [1.54, 1.807) is 18.2 Å². The maximum absolute atomic E-state index is 14.2. The first-order chi connectivity index (χ1) is 15.6. The minimum absolute atomic E-state index is 0.175. The Morgan fingerprint density at radius 1 is 1.19 bits per heavy atom. The fourth-order valence-electron chi connectivity index (χ4n) is 3.27. The number of anilines is 2. The molecule has 10 heteroatoms. The Morgan fingerprint density at radius 3 is 2.84 bits per heavy atom. The summed E-state index contributed by atoms with van der Waals surface area (Å²) in [5.41, 5.74) is 2.74. The molecule has 32 heavy (non-hydrogen) atoms. The summed E-state index contributed by atoms with van der Waals surface area (Å²) in [6.45, 7) is 1.38. The Kier molecular flexibility index (Phi) is 5.46. The van der Waals surface area contributed by atoms with Crippen molar-refractivity contribution in [2.24, 2.45) is 0 Å². The second kappa shape index (κ2) is 8.56. The molecule has 0 aliphatic carbocycles. The van der Waals surface area contributed by atoms with Crippen LogP contribution in [-0.4, -0.2) is 26.1 Å². The molecule has 1 N–H and O–H groups in total. The normalized spacial score (nSPS) is 11.2. The van der Waals surface area contributed by atoms with Crippen LogP contribution >= 0.6 is 23.1 Å². The first-order valence-electron chi connectivity index (χ1n) is 9.62. The van der Waals surface area contributed by atoms with E-state index < -0.39 is 5.82 Å². The van der Waals surface area contributed by atoms with Gasteiger partial charge in [-0.3, -0.25) is 9.69 Å². The summed E-state index contributed by atoms with van der Waals surface area (Å²) in [6.07, 6.45) is 1.85. The van der Waals surface area contributed by atoms with E-state index >= 15 is 0 Å². The van der Waals surface area contributed by atoms with Crippen molar-refractivity contribution in [2.75, 3.05) is 4.90 Å². The molecular weight excluding hydrogens is 449 g/mol. The van der Waals surface area contributed by atoms with E-state index in [1.165, 1.54) is 41.0 Å². The minimum atomic E-state index is -0.482. The number of para-hydroxylation sites is 2. The molecule has 7 nitrogen and oxygen atoms in total. The van der Waals surface area contributed by atoms with Crippen LogP contribution in [0.2, 0.25) is 0 Å². The number of H-pyrrole nitrogens is 1. The Balaban J connectivity index is 1.32. The number of rotatable bonds is 6. The lowest BCUT2D eigenvalue weighted by molar-refractivity contribution is -0.115. The first-order valence-corrected chi connectivity index (χ1v) is 11.5.